The van der Waals surface area contributed by atoms with E-state index in [1.807, 2.05) is 12.1 Å². The lowest BCUT2D eigenvalue weighted by molar-refractivity contribution is 0.678. The lowest BCUT2D eigenvalue weighted by Crippen LogP contribution is -2.13. The molecule has 0 saturated heterocycles. The summed E-state index contributed by atoms with van der Waals surface area (Å²) in [5.41, 5.74) is 4.96. The van der Waals surface area contributed by atoms with Gasteiger partial charge in [-0.15, -0.1) is 0 Å². The number of aryl methyl sites for hydroxylation is 1. The molecule has 1 atom stereocenters. The van der Waals surface area contributed by atoms with Crippen LogP contribution >= 0.6 is 11.6 Å². The number of benzene rings is 2. The minimum absolute atomic E-state index is 0.396. The minimum atomic E-state index is 0.396. The molecule has 2 aromatic carbocycles. The van der Waals surface area contributed by atoms with Crippen LogP contribution in [0, 0.1) is 19.8 Å². The number of hydrogen-bond donors (Lipinski definition) is 1. The quantitative estimate of drug-likeness (QED) is 0.780. The fraction of sp³-hybridized carbons (Fsp3) is 0.333. The van der Waals surface area contributed by atoms with E-state index in [9.17, 15) is 0 Å². The summed E-state index contributed by atoms with van der Waals surface area (Å²) in [6, 6.07) is 15.3. The van der Waals surface area contributed by atoms with Crippen molar-refractivity contribution in [2.45, 2.75) is 32.7 Å². The third kappa shape index (κ3) is 2.83. The summed E-state index contributed by atoms with van der Waals surface area (Å²) in [5, 5.41) is 4.53. The van der Waals surface area contributed by atoms with Crippen LogP contribution in [0.3, 0.4) is 0 Å². The predicted octanol–water partition coefficient (Wildman–Crippen LogP) is 5.52. The van der Waals surface area contributed by atoms with Crippen molar-refractivity contribution >= 4 is 17.3 Å². The first kappa shape index (κ1) is 13.5. The molecule has 0 bridgehead atoms. The second-order valence-corrected chi connectivity index (χ2v) is 6.19. The van der Waals surface area contributed by atoms with E-state index in [1.54, 1.807) is 0 Å². The van der Waals surface area contributed by atoms with Crippen LogP contribution in [0.4, 0.5) is 5.69 Å². The average Bonchev–Trinajstić information content (AvgIpc) is 3.26. The smallest absolute Gasteiger partial charge is 0.0542 e. The molecule has 20 heavy (non-hydrogen) atoms. The lowest BCUT2D eigenvalue weighted by atomic mass is 10.00. The van der Waals surface area contributed by atoms with Gasteiger partial charge in [-0.1, -0.05) is 47.5 Å². The van der Waals surface area contributed by atoms with Gasteiger partial charge in [-0.3, -0.25) is 0 Å². The summed E-state index contributed by atoms with van der Waals surface area (Å²) in [7, 11) is 0. The van der Waals surface area contributed by atoms with Gasteiger partial charge < -0.3 is 5.32 Å². The molecule has 1 saturated carbocycles. The first-order chi connectivity index (χ1) is 9.65. The molecule has 1 fully saturated rings. The molecule has 3 rings (SSSR count). The summed E-state index contributed by atoms with van der Waals surface area (Å²) in [6.07, 6.45) is 2.62. The maximum Gasteiger partial charge on any atom is 0.0542 e. The zero-order valence-electron chi connectivity index (χ0n) is 12.0. The Kier molecular flexibility index (Phi) is 3.71. The van der Waals surface area contributed by atoms with Gasteiger partial charge in [0, 0.05) is 10.7 Å². The lowest BCUT2D eigenvalue weighted by Gasteiger charge is -2.22. The molecule has 1 nitrogen and oxygen atoms in total. The molecule has 0 aromatic heterocycles. The van der Waals surface area contributed by atoms with E-state index in [-0.39, 0.29) is 0 Å². The van der Waals surface area contributed by atoms with Gasteiger partial charge in [-0.2, -0.15) is 0 Å². The van der Waals surface area contributed by atoms with E-state index in [4.69, 9.17) is 11.6 Å². The molecular weight excluding hydrogens is 266 g/mol. The van der Waals surface area contributed by atoms with Gasteiger partial charge in [0.1, 0.15) is 0 Å². The van der Waals surface area contributed by atoms with Crippen molar-refractivity contribution in [3.63, 3.8) is 0 Å². The number of nitrogens with one attached hydrogen (secondary N) is 1. The van der Waals surface area contributed by atoms with E-state index in [0.29, 0.717) is 6.04 Å². The van der Waals surface area contributed by atoms with Gasteiger partial charge in [0.05, 0.1) is 6.04 Å². The van der Waals surface area contributed by atoms with Crippen LogP contribution in [-0.2, 0) is 0 Å². The Balaban J connectivity index is 1.88. The van der Waals surface area contributed by atoms with Crippen molar-refractivity contribution in [2.24, 2.45) is 5.92 Å². The van der Waals surface area contributed by atoms with Crippen molar-refractivity contribution < 1.29 is 0 Å². The Morgan fingerprint density at radius 2 is 1.75 bits per heavy atom. The van der Waals surface area contributed by atoms with Gasteiger partial charge >= 0.3 is 0 Å². The molecule has 1 N–H and O–H groups in total. The normalized spacial score (nSPS) is 15.9. The van der Waals surface area contributed by atoms with Crippen LogP contribution in [0.2, 0.25) is 5.02 Å². The van der Waals surface area contributed by atoms with E-state index in [0.717, 1.165) is 22.2 Å². The molecule has 2 heteroatoms. The predicted molar refractivity (Wildman–Crippen MR) is 86.5 cm³/mol. The Labute approximate surface area is 126 Å². The second-order valence-electron chi connectivity index (χ2n) is 5.78. The molecule has 0 amide bonds. The SMILES string of the molecule is Cc1ccc(C(Nc2cccc(Cl)c2C)C2CC2)cc1. The van der Waals surface area contributed by atoms with Crippen LogP contribution in [0.25, 0.3) is 0 Å². The summed E-state index contributed by atoms with van der Waals surface area (Å²) < 4.78 is 0. The molecule has 0 aliphatic heterocycles. The summed E-state index contributed by atoms with van der Waals surface area (Å²) in [5.74, 6) is 0.746. The Morgan fingerprint density at radius 3 is 2.40 bits per heavy atom. The van der Waals surface area contributed by atoms with E-state index in [1.165, 1.54) is 24.0 Å². The van der Waals surface area contributed by atoms with E-state index in [2.05, 4.69) is 49.5 Å². The number of halogens is 1. The van der Waals surface area contributed by atoms with Crippen molar-refractivity contribution in [1.82, 2.24) is 0 Å². The maximum absolute atomic E-state index is 6.22. The fourth-order valence-electron chi connectivity index (χ4n) is 2.61. The van der Waals surface area contributed by atoms with Crippen LogP contribution in [0.15, 0.2) is 42.5 Å². The minimum Gasteiger partial charge on any atom is -0.378 e. The largest absolute Gasteiger partial charge is 0.378 e. The standard InChI is InChI=1S/C18H20ClN/c1-12-6-8-14(9-7-12)18(15-10-11-15)20-17-5-3-4-16(19)13(17)2/h3-9,15,18,20H,10-11H2,1-2H3. The van der Waals surface area contributed by atoms with E-state index < -0.39 is 0 Å². The molecule has 0 spiro atoms. The fourth-order valence-corrected chi connectivity index (χ4v) is 2.78. The molecule has 2 aromatic rings. The highest BCUT2D eigenvalue weighted by atomic mass is 35.5. The molecule has 1 aliphatic carbocycles. The average molecular weight is 286 g/mol. The summed E-state index contributed by atoms with van der Waals surface area (Å²) in [4.78, 5) is 0. The summed E-state index contributed by atoms with van der Waals surface area (Å²) >= 11 is 6.22. The Hall–Kier alpha value is -1.47. The van der Waals surface area contributed by atoms with Crippen LogP contribution in [-0.4, -0.2) is 0 Å². The Morgan fingerprint density at radius 1 is 1.05 bits per heavy atom. The first-order valence-corrected chi connectivity index (χ1v) is 7.61. The van der Waals surface area contributed by atoms with Crippen molar-refractivity contribution in [3.8, 4) is 0 Å². The second kappa shape index (κ2) is 5.49. The topological polar surface area (TPSA) is 12.0 Å². The number of hydrogen-bond acceptors (Lipinski definition) is 1. The highest BCUT2D eigenvalue weighted by Gasteiger charge is 2.32. The molecule has 0 heterocycles. The third-order valence-corrected chi connectivity index (χ3v) is 4.52. The van der Waals surface area contributed by atoms with Crippen molar-refractivity contribution in [2.75, 3.05) is 5.32 Å². The van der Waals surface area contributed by atoms with Gasteiger partial charge in [0.25, 0.3) is 0 Å². The van der Waals surface area contributed by atoms with Crippen LogP contribution < -0.4 is 5.32 Å². The molecule has 104 valence electrons. The zero-order chi connectivity index (χ0) is 14.1. The number of anilines is 1. The van der Waals surface area contributed by atoms with E-state index >= 15 is 0 Å². The van der Waals surface area contributed by atoms with Gasteiger partial charge in [0.15, 0.2) is 0 Å². The highest BCUT2D eigenvalue weighted by Crippen LogP contribution is 2.43. The molecule has 0 radical (unpaired) electrons. The molecule has 1 unspecified atom stereocenters. The Bertz CT molecular complexity index is 599. The van der Waals surface area contributed by atoms with Crippen molar-refractivity contribution in [3.05, 3.63) is 64.2 Å². The van der Waals surface area contributed by atoms with Gasteiger partial charge in [-0.05, 0) is 55.9 Å². The first-order valence-electron chi connectivity index (χ1n) is 7.23. The highest BCUT2D eigenvalue weighted by molar-refractivity contribution is 6.31. The van der Waals surface area contributed by atoms with Crippen molar-refractivity contribution in [1.29, 1.82) is 0 Å². The van der Waals surface area contributed by atoms with Crippen LogP contribution in [0.5, 0.6) is 0 Å². The monoisotopic (exact) mass is 285 g/mol. The summed E-state index contributed by atoms with van der Waals surface area (Å²) in [6.45, 7) is 4.20. The molecule has 1 aliphatic rings. The van der Waals surface area contributed by atoms with Crippen LogP contribution in [0.1, 0.15) is 35.6 Å². The van der Waals surface area contributed by atoms with Gasteiger partial charge in [-0.25, -0.2) is 0 Å². The van der Waals surface area contributed by atoms with Gasteiger partial charge in [0.2, 0.25) is 0 Å². The number of rotatable bonds is 4. The third-order valence-electron chi connectivity index (χ3n) is 4.11. The zero-order valence-corrected chi connectivity index (χ0v) is 12.7. The maximum atomic E-state index is 6.22. The molecular formula is C18H20ClN.